The van der Waals surface area contributed by atoms with Crippen molar-refractivity contribution in [1.82, 2.24) is 23.6 Å². The number of aromatic nitrogens is 4. The third kappa shape index (κ3) is 3.72. The molecule has 156 valence electrons. The summed E-state index contributed by atoms with van der Waals surface area (Å²) in [5.41, 5.74) is 2.12. The van der Waals surface area contributed by atoms with Gasteiger partial charge < -0.3 is 9.47 Å². The summed E-state index contributed by atoms with van der Waals surface area (Å²) in [5, 5.41) is 0. The Hall–Kier alpha value is -3.42. The average molecular weight is 409 g/mol. The van der Waals surface area contributed by atoms with Crippen LogP contribution in [0, 0.1) is 12.7 Å². The first-order valence-corrected chi connectivity index (χ1v) is 9.94. The smallest absolute Gasteiger partial charge is 0.331 e. The van der Waals surface area contributed by atoms with E-state index in [1.165, 1.54) is 16.7 Å². The number of rotatable bonds is 6. The Balaban J connectivity index is 1.58. The normalized spacial score (nSPS) is 13.5. The van der Waals surface area contributed by atoms with Crippen LogP contribution in [-0.4, -0.2) is 30.1 Å². The number of aryl methyl sites for hydroxylation is 1. The maximum absolute atomic E-state index is 13.2. The third-order valence-corrected chi connectivity index (χ3v) is 5.55. The predicted molar refractivity (Wildman–Crippen MR) is 112 cm³/mol. The second-order valence-electron chi connectivity index (χ2n) is 7.51. The Labute approximate surface area is 173 Å². The number of nitrogens with zero attached hydrogens (tertiary/aromatic N) is 5. The van der Waals surface area contributed by atoms with Gasteiger partial charge in [0.1, 0.15) is 5.82 Å². The maximum atomic E-state index is 13.2. The van der Waals surface area contributed by atoms with Crippen LogP contribution in [0.15, 0.2) is 59.2 Å². The largest absolute Gasteiger partial charge is 0.364 e. The monoisotopic (exact) mass is 409 g/mol. The zero-order valence-electron chi connectivity index (χ0n) is 16.9. The molecule has 0 unspecified atom stereocenters. The molecule has 3 heterocycles. The van der Waals surface area contributed by atoms with Crippen molar-refractivity contribution in [3.63, 3.8) is 0 Å². The Bertz CT molecular complexity index is 1180. The molecule has 7 nitrogen and oxygen atoms in total. The lowest BCUT2D eigenvalue weighted by atomic mass is 10.1. The van der Waals surface area contributed by atoms with Crippen molar-refractivity contribution >= 4 is 5.70 Å². The van der Waals surface area contributed by atoms with Crippen molar-refractivity contribution in [2.45, 2.75) is 39.5 Å². The van der Waals surface area contributed by atoms with Crippen LogP contribution in [0.5, 0.6) is 0 Å². The molecule has 0 radical (unpaired) electrons. The Morgan fingerprint density at radius 2 is 1.90 bits per heavy atom. The molecular formula is C22H24FN5O2. The van der Waals surface area contributed by atoms with Gasteiger partial charge in [0.25, 0.3) is 5.56 Å². The van der Waals surface area contributed by atoms with Crippen molar-refractivity contribution in [2.24, 2.45) is 0 Å². The van der Waals surface area contributed by atoms with Crippen LogP contribution in [0.25, 0.3) is 5.70 Å². The number of imidazole rings is 1. The lowest BCUT2D eigenvalue weighted by molar-refractivity contribution is 0.330. The Morgan fingerprint density at radius 1 is 1.13 bits per heavy atom. The van der Waals surface area contributed by atoms with E-state index in [1.807, 2.05) is 15.7 Å². The van der Waals surface area contributed by atoms with Gasteiger partial charge in [-0.15, -0.1) is 0 Å². The van der Waals surface area contributed by atoms with Gasteiger partial charge in [0.15, 0.2) is 0 Å². The molecule has 0 bridgehead atoms. The topological polar surface area (TPSA) is 65.1 Å². The first-order chi connectivity index (χ1) is 14.5. The molecule has 0 spiro atoms. The summed E-state index contributed by atoms with van der Waals surface area (Å²) in [6, 6.07) is 6.31. The highest BCUT2D eigenvalue weighted by molar-refractivity contribution is 5.62. The van der Waals surface area contributed by atoms with E-state index in [-0.39, 0.29) is 17.1 Å². The second kappa shape index (κ2) is 8.14. The minimum atomic E-state index is -0.297. The maximum Gasteiger partial charge on any atom is 0.331 e. The van der Waals surface area contributed by atoms with E-state index in [0.29, 0.717) is 56.1 Å². The molecule has 0 saturated heterocycles. The van der Waals surface area contributed by atoms with Crippen LogP contribution in [0.2, 0.25) is 0 Å². The van der Waals surface area contributed by atoms with E-state index in [4.69, 9.17) is 0 Å². The van der Waals surface area contributed by atoms with Crippen LogP contribution in [0.4, 0.5) is 4.39 Å². The standard InChI is InChI=1S/C22H24FN5O2/c1-16-20-17(2)26(14-18-4-6-19(23)7-5-18)12-13-27(20)22(30)28(21(16)29)10-3-9-25-11-8-24-15-25/h4-8,11,15H,2-3,9-10,12-14H2,1H3. The fraction of sp³-hybridized carbons (Fsp3) is 0.318. The molecular weight excluding hydrogens is 385 g/mol. The van der Waals surface area contributed by atoms with Gasteiger partial charge in [-0.25, -0.2) is 14.2 Å². The van der Waals surface area contributed by atoms with Crippen LogP contribution >= 0.6 is 0 Å². The van der Waals surface area contributed by atoms with E-state index in [9.17, 15) is 14.0 Å². The zero-order valence-corrected chi connectivity index (χ0v) is 16.9. The number of fused-ring (bicyclic) bond motifs is 1. The summed E-state index contributed by atoms with van der Waals surface area (Å²) >= 11 is 0. The first-order valence-electron chi connectivity index (χ1n) is 9.94. The first kappa shape index (κ1) is 19.9. The highest BCUT2D eigenvalue weighted by Crippen LogP contribution is 2.24. The summed E-state index contributed by atoms with van der Waals surface area (Å²) in [5.74, 6) is -0.280. The molecule has 0 aliphatic carbocycles. The van der Waals surface area contributed by atoms with Crippen LogP contribution in [-0.2, 0) is 26.2 Å². The minimum Gasteiger partial charge on any atom is -0.364 e. The Morgan fingerprint density at radius 3 is 2.60 bits per heavy atom. The van der Waals surface area contributed by atoms with Crippen molar-refractivity contribution in [3.05, 3.63) is 93.0 Å². The van der Waals surface area contributed by atoms with Gasteiger partial charge in [0.2, 0.25) is 0 Å². The second-order valence-corrected chi connectivity index (χ2v) is 7.51. The summed E-state index contributed by atoms with van der Waals surface area (Å²) in [6.45, 7) is 8.54. The van der Waals surface area contributed by atoms with Crippen LogP contribution in [0.1, 0.15) is 23.2 Å². The Kier molecular flexibility index (Phi) is 5.39. The molecule has 0 atom stereocenters. The van der Waals surface area contributed by atoms with Crippen LogP contribution < -0.4 is 11.2 Å². The van der Waals surface area contributed by atoms with E-state index in [1.54, 1.807) is 36.1 Å². The number of benzene rings is 1. The number of hydrogen-bond donors (Lipinski definition) is 0. The molecule has 0 saturated carbocycles. The summed E-state index contributed by atoms with van der Waals surface area (Å²) in [7, 11) is 0. The SMILES string of the molecule is C=C1c2c(C)c(=O)n(CCCn3ccnc3)c(=O)n2CCN1Cc1ccc(F)cc1. The fourth-order valence-electron chi connectivity index (χ4n) is 3.93. The van der Waals surface area contributed by atoms with E-state index in [2.05, 4.69) is 11.6 Å². The zero-order chi connectivity index (χ0) is 21.3. The highest BCUT2D eigenvalue weighted by Gasteiger charge is 2.25. The molecule has 0 amide bonds. The van der Waals surface area contributed by atoms with Gasteiger partial charge >= 0.3 is 5.69 Å². The molecule has 1 aromatic carbocycles. The highest BCUT2D eigenvalue weighted by atomic mass is 19.1. The van der Waals surface area contributed by atoms with Crippen molar-refractivity contribution in [2.75, 3.05) is 6.54 Å². The fourth-order valence-corrected chi connectivity index (χ4v) is 3.93. The van der Waals surface area contributed by atoms with Crippen molar-refractivity contribution < 1.29 is 4.39 Å². The van der Waals surface area contributed by atoms with Crippen LogP contribution in [0.3, 0.4) is 0 Å². The molecule has 3 aromatic rings. The molecule has 1 aliphatic heterocycles. The van der Waals surface area contributed by atoms with Gasteiger partial charge in [-0.1, -0.05) is 18.7 Å². The predicted octanol–water partition coefficient (Wildman–Crippen LogP) is 2.23. The molecule has 0 N–H and O–H groups in total. The number of halogens is 1. The third-order valence-electron chi connectivity index (χ3n) is 5.55. The average Bonchev–Trinajstić information content (AvgIpc) is 3.25. The minimum absolute atomic E-state index is 0.276. The molecule has 8 heteroatoms. The molecule has 2 aromatic heterocycles. The summed E-state index contributed by atoms with van der Waals surface area (Å²) < 4.78 is 18.1. The van der Waals surface area contributed by atoms with Gasteiger partial charge in [-0.3, -0.25) is 13.9 Å². The van der Waals surface area contributed by atoms with Gasteiger partial charge in [-0.2, -0.15) is 0 Å². The van der Waals surface area contributed by atoms with E-state index in [0.717, 1.165) is 5.56 Å². The molecule has 4 rings (SSSR count). The lowest BCUT2D eigenvalue weighted by Crippen LogP contribution is -2.47. The summed E-state index contributed by atoms with van der Waals surface area (Å²) in [6.07, 6.45) is 5.93. The van der Waals surface area contributed by atoms with E-state index < -0.39 is 0 Å². The summed E-state index contributed by atoms with van der Waals surface area (Å²) in [4.78, 5) is 32.0. The molecule has 0 fully saturated rings. The van der Waals surface area contributed by atoms with Gasteiger partial charge in [0, 0.05) is 50.7 Å². The van der Waals surface area contributed by atoms with Crippen molar-refractivity contribution in [1.29, 1.82) is 0 Å². The number of hydrogen-bond acceptors (Lipinski definition) is 4. The van der Waals surface area contributed by atoms with Gasteiger partial charge in [-0.05, 0) is 31.0 Å². The van der Waals surface area contributed by atoms with Gasteiger partial charge in [0.05, 0.1) is 17.7 Å². The lowest BCUT2D eigenvalue weighted by Gasteiger charge is -2.34. The van der Waals surface area contributed by atoms with E-state index >= 15 is 0 Å². The molecule has 1 aliphatic rings. The molecule has 30 heavy (non-hydrogen) atoms. The quantitative estimate of drug-likeness (QED) is 0.626. The van der Waals surface area contributed by atoms with Crippen molar-refractivity contribution in [3.8, 4) is 0 Å².